The van der Waals surface area contributed by atoms with E-state index in [-0.39, 0.29) is 0 Å². The summed E-state index contributed by atoms with van der Waals surface area (Å²) in [5, 5.41) is 2.68. The lowest BCUT2D eigenvalue weighted by Crippen LogP contribution is -1.78. The summed E-state index contributed by atoms with van der Waals surface area (Å²) < 4.78 is 0. The number of allylic oxidation sites excluding steroid dienone is 2. The topological polar surface area (TPSA) is 0 Å². The van der Waals surface area contributed by atoms with Crippen molar-refractivity contribution in [2.24, 2.45) is 0 Å². The Morgan fingerprint density at radius 3 is 2.57 bits per heavy atom. The average molecular weight is 178 g/mol. The van der Waals surface area contributed by atoms with Crippen molar-refractivity contribution in [3.05, 3.63) is 60.2 Å². The molecule has 66 valence electrons. The molecule has 14 heavy (non-hydrogen) atoms. The van der Waals surface area contributed by atoms with Crippen LogP contribution in [0.5, 0.6) is 0 Å². The highest BCUT2D eigenvalue weighted by molar-refractivity contribution is 6.11. The molecule has 0 unspecified atom stereocenters. The number of rotatable bonds is 1. The summed E-state index contributed by atoms with van der Waals surface area (Å²) in [6.07, 6.45) is 4.12. The molecule has 0 aromatic heterocycles. The van der Waals surface area contributed by atoms with Crippen molar-refractivity contribution in [1.29, 1.82) is 0 Å². The summed E-state index contributed by atoms with van der Waals surface area (Å²) in [6.45, 7) is 3.84. The van der Waals surface area contributed by atoms with E-state index in [0.29, 0.717) is 0 Å². The fraction of sp³-hybridized carbons (Fsp3) is 0. The molecule has 0 amide bonds. The lowest BCUT2D eigenvalue weighted by molar-refractivity contribution is 1.71. The summed E-state index contributed by atoms with van der Waals surface area (Å²) in [5.74, 6) is 0. The molecule has 2 aromatic rings. The molecule has 0 nitrogen and oxygen atoms in total. The van der Waals surface area contributed by atoms with E-state index in [1.54, 1.807) is 0 Å². The Morgan fingerprint density at radius 2 is 1.79 bits per heavy atom. The first-order valence-electron chi connectivity index (χ1n) is 4.76. The third-order valence-corrected chi connectivity index (χ3v) is 2.78. The maximum absolute atomic E-state index is 3.84. The van der Waals surface area contributed by atoms with Crippen LogP contribution in [0.15, 0.2) is 49.1 Å². The molecule has 0 spiro atoms. The van der Waals surface area contributed by atoms with Gasteiger partial charge in [-0.15, -0.1) is 0 Å². The maximum Gasteiger partial charge on any atom is -0.00326 e. The summed E-state index contributed by atoms with van der Waals surface area (Å²) >= 11 is 0. The van der Waals surface area contributed by atoms with Gasteiger partial charge in [0.25, 0.3) is 0 Å². The predicted octanol–water partition coefficient (Wildman–Crippen LogP) is 3.88. The molecule has 0 saturated carbocycles. The minimum Gasteiger partial charge on any atom is -0.0984 e. The van der Waals surface area contributed by atoms with E-state index in [4.69, 9.17) is 0 Å². The third kappa shape index (κ3) is 0.828. The highest BCUT2D eigenvalue weighted by Crippen LogP contribution is 2.36. The number of hydrogen-bond donors (Lipinski definition) is 0. The van der Waals surface area contributed by atoms with Crippen LogP contribution in [-0.4, -0.2) is 0 Å². The molecule has 0 heteroatoms. The molecular weight excluding hydrogens is 168 g/mol. The van der Waals surface area contributed by atoms with Crippen LogP contribution in [0.25, 0.3) is 22.4 Å². The van der Waals surface area contributed by atoms with Crippen molar-refractivity contribution in [3.8, 4) is 0 Å². The normalized spacial score (nSPS) is 13.0. The Morgan fingerprint density at radius 1 is 1.00 bits per heavy atom. The van der Waals surface area contributed by atoms with Gasteiger partial charge in [-0.1, -0.05) is 49.1 Å². The first kappa shape index (κ1) is 7.57. The lowest BCUT2D eigenvalue weighted by atomic mass is 10.0. The SMILES string of the molecule is C=CC1=Cc2cccc3cccc1c23. The fourth-order valence-corrected chi connectivity index (χ4v) is 2.15. The van der Waals surface area contributed by atoms with Gasteiger partial charge in [0.1, 0.15) is 0 Å². The van der Waals surface area contributed by atoms with Crippen LogP contribution in [0.4, 0.5) is 0 Å². The second-order valence-electron chi connectivity index (χ2n) is 3.55. The van der Waals surface area contributed by atoms with E-state index in [0.717, 1.165) is 0 Å². The van der Waals surface area contributed by atoms with Gasteiger partial charge in [-0.2, -0.15) is 0 Å². The van der Waals surface area contributed by atoms with Crippen LogP contribution >= 0.6 is 0 Å². The van der Waals surface area contributed by atoms with Crippen molar-refractivity contribution < 1.29 is 0 Å². The standard InChI is InChI=1S/C14H10/c1-2-10-9-12-7-3-5-11-6-4-8-13(10)14(11)12/h2-9H,1H2. The molecule has 0 atom stereocenters. The van der Waals surface area contributed by atoms with E-state index >= 15 is 0 Å². The van der Waals surface area contributed by atoms with E-state index in [2.05, 4.69) is 49.1 Å². The Balaban J connectivity index is 2.52. The summed E-state index contributed by atoms with van der Waals surface area (Å²) in [6, 6.07) is 12.8. The van der Waals surface area contributed by atoms with Crippen LogP contribution < -0.4 is 0 Å². The Labute approximate surface area is 83.2 Å². The van der Waals surface area contributed by atoms with Crippen LogP contribution in [0.1, 0.15) is 11.1 Å². The van der Waals surface area contributed by atoms with Crippen LogP contribution in [0.3, 0.4) is 0 Å². The highest BCUT2D eigenvalue weighted by atomic mass is 14.2. The second kappa shape index (κ2) is 2.58. The van der Waals surface area contributed by atoms with Gasteiger partial charge >= 0.3 is 0 Å². The maximum atomic E-state index is 3.84. The minimum absolute atomic E-state index is 1.23. The van der Waals surface area contributed by atoms with Gasteiger partial charge in [0, 0.05) is 0 Å². The van der Waals surface area contributed by atoms with E-state index in [1.165, 1.54) is 27.5 Å². The summed E-state index contributed by atoms with van der Waals surface area (Å²) in [5.41, 5.74) is 3.86. The van der Waals surface area contributed by atoms with Crippen LogP contribution in [0.2, 0.25) is 0 Å². The van der Waals surface area contributed by atoms with Crippen molar-refractivity contribution in [1.82, 2.24) is 0 Å². The fourth-order valence-electron chi connectivity index (χ4n) is 2.15. The molecule has 0 radical (unpaired) electrons. The van der Waals surface area contributed by atoms with E-state index < -0.39 is 0 Å². The van der Waals surface area contributed by atoms with Crippen molar-refractivity contribution in [2.75, 3.05) is 0 Å². The average Bonchev–Trinajstić information content (AvgIpc) is 2.60. The molecule has 1 aliphatic carbocycles. The summed E-state index contributed by atoms with van der Waals surface area (Å²) in [7, 11) is 0. The van der Waals surface area contributed by atoms with Gasteiger partial charge < -0.3 is 0 Å². The summed E-state index contributed by atoms with van der Waals surface area (Å²) in [4.78, 5) is 0. The van der Waals surface area contributed by atoms with Gasteiger partial charge in [0.05, 0.1) is 0 Å². The Bertz CT molecular complexity index is 554. The number of benzene rings is 2. The van der Waals surface area contributed by atoms with Gasteiger partial charge in [0.2, 0.25) is 0 Å². The van der Waals surface area contributed by atoms with Gasteiger partial charge in [-0.25, -0.2) is 0 Å². The van der Waals surface area contributed by atoms with Crippen LogP contribution in [-0.2, 0) is 0 Å². The van der Waals surface area contributed by atoms with Crippen LogP contribution in [0, 0.1) is 0 Å². The quantitative estimate of drug-likeness (QED) is 0.621. The second-order valence-corrected chi connectivity index (χ2v) is 3.55. The molecule has 1 aliphatic rings. The molecule has 0 bridgehead atoms. The van der Waals surface area contributed by atoms with Crippen molar-refractivity contribution in [3.63, 3.8) is 0 Å². The molecular formula is C14H10. The zero-order valence-corrected chi connectivity index (χ0v) is 7.83. The monoisotopic (exact) mass is 178 g/mol. The molecule has 0 N–H and O–H groups in total. The van der Waals surface area contributed by atoms with Gasteiger partial charge in [0.15, 0.2) is 0 Å². The first-order valence-corrected chi connectivity index (χ1v) is 4.76. The Kier molecular flexibility index (Phi) is 1.40. The minimum atomic E-state index is 1.23. The largest absolute Gasteiger partial charge is 0.0984 e. The molecule has 0 fully saturated rings. The smallest absolute Gasteiger partial charge is 0.00326 e. The zero-order valence-electron chi connectivity index (χ0n) is 7.83. The molecule has 0 aliphatic heterocycles. The molecule has 2 aromatic carbocycles. The van der Waals surface area contributed by atoms with Crippen molar-refractivity contribution >= 4 is 22.4 Å². The van der Waals surface area contributed by atoms with E-state index in [1.807, 2.05) is 6.08 Å². The molecule has 0 saturated heterocycles. The third-order valence-electron chi connectivity index (χ3n) is 2.78. The molecule has 3 rings (SSSR count). The molecule has 0 heterocycles. The highest BCUT2D eigenvalue weighted by Gasteiger charge is 2.12. The number of hydrogen-bond acceptors (Lipinski definition) is 0. The Hall–Kier alpha value is -1.82. The lowest BCUT2D eigenvalue weighted by Gasteiger charge is -2.01. The first-order chi connectivity index (χ1) is 6.90. The zero-order chi connectivity index (χ0) is 9.54. The van der Waals surface area contributed by atoms with Gasteiger partial charge in [-0.3, -0.25) is 0 Å². The predicted molar refractivity (Wildman–Crippen MR) is 62.0 cm³/mol. The van der Waals surface area contributed by atoms with Gasteiger partial charge in [-0.05, 0) is 33.5 Å². The van der Waals surface area contributed by atoms with E-state index in [9.17, 15) is 0 Å². The van der Waals surface area contributed by atoms with Crippen molar-refractivity contribution in [2.45, 2.75) is 0 Å².